The predicted molar refractivity (Wildman–Crippen MR) is 76.4 cm³/mol. The SMILES string of the molecule is CCNC(CS(=O)(=O)c1ccc(Br)cc1)C1CC1. The van der Waals surface area contributed by atoms with Crippen LogP contribution in [0.1, 0.15) is 19.8 Å². The molecule has 0 amide bonds. The van der Waals surface area contributed by atoms with Crippen molar-refractivity contribution in [1.29, 1.82) is 0 Å². The quantitative estimate of drug-likeness (QED) is 0.871. The van der Waals surface area contributed by atoms with Gasteiger partial charge in [-0.2, -0.15) is 0 Å². The van der Waals surface area contributed by atoms with E-state index in [1.165, 1.54) is 0 Å². The zero-order valence-corrected chi connectivity index (χ0v) is 12.8. The summed E-state index contributed by atoms with van der Waals surface area (Å²) < 4.78 is 25.5. The maximum Gasteiger partial charge on any atom is 0.179 e. The van der Waals surface area contributed by atoms with E-state index in [1.807, 2.05) is 6.92 Å². The van der Waals surface area contributed by atoms with Crippen molar-refractivity contribution in [3.05, 3.63) is 28.7 Å². The fourth-order valence-corrected chi connectivity index (χ4v) is 3.97. The molecule has 1 aliphatic rings. The molecule has 1 aliphatic carbocycles. The Balaban J connectivity index is 2.12. The van der Waals surface area contributed by atoms with Gasteiger partial charge in [0.2, 0.25) is 0 Å². The van der Waals surface area contributed by atoms with E-state index in [2.05, 4.69) is 21.2 Å². The van der Waals surface area contributed by atoms with E-state index in [0.717, 1.165) is 23.9 Å². The first-order valence-corrected chi connectivity index (χ1v) is 8.69. The summed E-state index contributed by atoms with van der Waals surface area (Å²) >= 11 is 3.31. The van der Waals surface area contributed by atoms with E-state index < -0.39 is 9.84 Å². The first kappa shape index (κ1) is 14.0. The number of halogens is 1. The summed E-state index contributed by atoms with van der Waals surface area (Å²) in [5.41, 5.74) is 0. The molecule has 0 bridgehead atoms. The number of hydrogen-bond donors (Lipinski definition) is 1. The van der Waals surface area contributed by atoms with Gasteiger partial charge in [-0.15, -0.1) is 0 Å². The first-order chi connectivity index (χ1) is 8.53. The fraction of sp³-hybridized carbons (Fsp3) is 0.538. The van der Waals surface area contributed by atoms with E-state index in [9.17, 15) is 8.42 Å². The molecule has 1 atom stereocenters. The zero-order chi connectivity index (χ0) is 13.2. The molecule has 0 heterocycles. The summed E-state index contributed by atoms with van der Waals surface area (Å²) in [5.74, 6) is 0.739. The van der Waals surface area contributed by atoms with E-state index in [4.69, 9.17) is 0 Å². The van der Waals surface area contributed by atoms with Crippen LogP contribution in [-0.2, 0) is 9.84 Å². The van der Waals surface area contributed by atoms with Crippen molar-refractivity contribution in [3.63, 3.8) is 0 Å². The lowest BCUT2D eigenvalue weighted by atomic mass is 10.2. The van der Waals surface area contributed by atoms with Gasteiger partial charge in [-0.05, 0) is 49.6 Å². The van der Waals surface area contributed by atoms with Gasteiger partial charge in [0, 0.05) is 10.5 Å². The summed E-state index contributed by atoms with van der Waals surface area (Å²) in [6.07, 6.45) is 2.29. The highest BCUT2D eigenvalue weighted by atomic mass is 79.9. The van der Waals surface area contributed by atoms with Crippen LogP contribution in [0.3, 0.4) is 0 Å². The normalized spacial score (nSPS) is 17.7. The van der Waals surface area contributed by atoms with Gasteiger partial charge in [0.05, 0.1) is 10.6 Å². The van der Waals surface area contributed by atoms with Crippen LogP contribution in [0.25, 0.3) is 0 Å². The highest BCUT2D eigenvalue weighted by Gasteiger charge is 2.34. The van der Waals surface area contributed by atoms with Crippen molar-refractivity contribution in [3.8, 4) is 0 Å². The molecule has 0 aromatic heterocycles. The van der Waals surface area contributed by atoms with Crippen molar-refractivity contribution in [2.24, 2.45) is 5.92 Å². The third kappa shape index (κ3) is 3.56. The highest BCUT2D eigenvalue weighted by molar-refractivity contribution is 9.10. The molecule has 1 saturated carbocycles. The molecule has 1 aromatic carbocycles. The first-order valence-electron chi connectivity index (χ1n) is 6.24. The minimum Gasteiger partial charge on any atom is -0.313 e. The summed E-state index contributed by atoms with van der Waals surface area (Å²) in [5, 5.41) is 3.29. The summed E-state index contributed by atoms with van der Waals surface area (Å²) in [7, 11) is -3.19. The van der Waals surface area contributed by atoms with Crippen LogP contribution in [0.4, 0.5) is 0 Å². The molecule has 3 nitrogen and oxygen atoms in total. The van der Waals surface area contributed by atoms with Gasteiger partial charge in [-0.3, -0.25) is 0 Å². The van der Waals surface area contributed by atoms with E-state index in [0.29, 0.717) is 10.8 Å². The average molecular weight is 332 g/mol. The maximum atomic E-state index is 12.3. The molecule has 2 rings (SSSR count). The highest BCUT2D eigenvalue weighted by Crippen LogP contribution is 2.34. The van der Waals surface area contributed by atoms with E-state index >= 15 is 0 Å². The minimum atomic E-state index is -3.19. The fourth-order valence-electron chi connectivity index (χ4n) is 2.10. The van der Waals surface area contributed by atoms with Gasteiger partial charge in [-0.1, -0.05) is 22.9 Å². The maximum absolute atomic E-state index is 12.3. The van der Waals surface area contributed by atoms with Crippen molar-refractivity contribution in [1.82, 2.24) is 5.32 Å². The second-order valence-corrected chi connectivity index (χ2v) is 7.69. The molecular formula is C13H18BrNO2S. The van der Waals surface area contributed by atoms with Crippen LogP contribution in [0, 0.1) is 5.92 Å². The van der Waals surface area contributed by atoms with Gasteiger partial charge in [-0.25, -0.2) is 8.42 Å². The molecule has 1 N–H and O–H groups in total. The molecule has 0 radical (unpaired) electrons. The zero-order valence-electron chi connectivity index (χ0n) is 10.4. The van der Waals surface area contributed by atoms with Crippen molar-refractivity contribution >= 4 is 25.8 Å². The monoisotopic (exact) mass is 331 g/mol. The standard InChI is InChI=1S/C13H18BrNO2S/c1-2-15-13(10-3-4-10)9-18(16,17)12-7-5-11(14)6-8-12/h5-8,10,13,15H,2-4,9H2,1H3. The number of benzene rings is 1. The van der Waals surface area contributed by atoms with E-state index in [-0.39, 0.29) is 11.8 Å². The van der Waals surface area contributed by atoms with Crippen LogP contribution in [0.15, 0.2) is 33.6 Å². The van der Waals surface area contributed by atoms with Crippen LogP contribution in [-0.4, -0.2) is 26.8 Å². The Hall–Kier alpha value is -0.390. The van der Waals surface area contributed by atoms with Crippen LogP contribution in [0.5, 0.6) is 0 Å². The lowest BCUT2D eigenvalue weighted by molar-refractivity contribution is 0.502. The second-order valence-electron chi connectivity index (χ2n) is 4.74. The largest absolute Gasteiger partial charge is 0.313 e. The predicted octanol–water partition coefficient (Wildman–Crippen LogP) is 2.61. The molecule has 5 heteroatoms. The Kier molecular flexibility index (Phi) is 4.45. The van der Waals surface area contributed by atoms with Gasteiger partial charge in [0.15, 0.2) is 9.84 Å². The Morgan fingerprint density at radius 1 is 1.33 bits per heavy atom. The summed E-state index contributed by atoms with van der Waals surface area (Å²) in [6.45, 7) is 2.83. The number of hydrogen-bond acceptors (Lipinski definition) is 3. The second kappa shape index (κ2) is 5.72. The molecule has 100 valence electrons. The average Bonchev–Trinajstić information content (AvgIpc) is 3.12. The van der Waals surface area contributed by atoms with Crippen LogP contribution in [0.2, 0.25) is 0 Å². The molecule has 0 spiro atoms. The topological polar surface area (TPSA) is 46.2 Å². The van der Waals surface area contributed by atoms with Crippen molar-refractivity contribution < 1.29 is 8.42 Å². The third-order valence-electron chi connectivity index (χ3n) is 3.23. The lowest BCUT2D eigenvalue weighted by Gasteiger charge is -2.17. The molecule has 1 fully saturated rings. The van der Waals surface area contributed by atoms with Gasteiger partial charge in [0.1, 0.15) is 0 Å². The van der Waals surface area contributed by atoms with E-state index in [1.54, 1.807) is 24.3 Å². The number of rotatable bonds is 6. The minimum absolute atomic E-state index is 0.101. The molecule has 1 aromatic rings. The van der Waals surface area contributed by atoms with Gasteiger partial charge < -0.3 is 5.32 Å². The number of sulfone groups is 1. The van der Waals surface area contributed by atoms with Crippen molar-refractivity contribution in [2.45, 2.75) is 30.7 Å². The Bertz CT molecular complexity index is 494. The third-order valence-corrected chi connectivity index (χ3v) is 5.55. The lowest BCUT2D eigenvalue weighted by Crippen LogP contribution is -2.37. The van der Waals surface area contributed by atoms with Crippen molar-refractivity contribution in [2.75, 3.05) is 12.3 Å². The summed E-state index contributed by atoms with van der Waals surface area (Å²) in [6, 6.07) is 6.96. The Labute approximate surface area is 117 Å². The molecule has 0 saturated heterocycles. The molecule has 1 unspecified atom stereocenters. The van der Waals surface area contributed by atoms with Crippen LogP contribution >= 0.6 is 15.9 Å². The number of nitrogens with one attached hydrogen (secondary N) is 1. The smallest absolute Gasteiger partial charge is 0.179 e. The van der Waals surface area contributed by atoms with Gasteiger partial charge in [0.25, 0.3) is 0 Å². The Morgan fingerprint density at radius 3 is 2.44 bits per heavy atom. The summed E-state index contributed by atoms with van der Waals surface area (Å²) in [4.78, 5) is 0.411. The molecule has 0 aliphatic heterocycles. The van der Waals surface area contributed by atoms with Gasteiger partial charge >= 0.3 is 0 Å². The molecular weight excluding hydrogens is 314 g/mol. The Morgan fingerprint density at radius 2 is 1.94 bits per heavy atom. The molecule has 18 heavy (non-hydrogen) atoms. The van der Waals surface area contributed by atoms with Crippen LogP contribution < -0.4 is 5.32 Å².